The molecule has 0 unspecified atom stereocenters. The number of carbonyl (C=O) groups excluding carboxylic acids is 1. The Balaban J connectivity index is 1.60. The summed E-state index contributed by atoms with van der Waals surface area (Å²) in [5.74, 6) is 0.267. The molecule has 1 N–H and O–H groups in total. The predicted molar refractivity (Wildman–Crippen MR) is 115 cm³/mol. The van der Waals surface area contributed by atoms with Gasteiger partial charge in [-0.25, -0.2) is 5.43 Å². The number of rotatable bonds is 8. The van der Waals surface area contributed by atoms with Crippen LogP contribution in [0.25, 0.3) is 0 Å². The molecule has 11 heteroatoms. The highest BCUT2D eigenvalue weighted by atomic mass is 32.2. The first-order chi connectivity index (χ1) is 15.3. The summed E-state index contributed by atoms with van der Waals surface area (Å²) in [6.45, 7) is 0. The monoisotopic (exact) mass is 455 g/mol. The van der Waals surface area contributed by atoms with Crippen LogP contribution in [-0.2, 0) is 10.1 Å². The minimum atomic E-state index is -4.15. The largest absolute Gasteiger partial charge is 0.497 e. The van der Waals surface area contributed by atoms with Gasteiger partial charge in [-0.3, -0.25) is 14.9 Å². The van der Waals surface area contributed by atoms with Crippen molar-refractivity contribution in [3.8, 4) is 11.5 Å². The van der Waals surface area contributed by atoms with Crippen LogP contribution in [0.15, 0.2) is 82.8 Å². The van der Waals surface area contributed by atoms with Crippen molar-refractivity contribution >= 4 is 27.9 Å². The van der Waals surface area contributed by atoms with Gasteiger partial charge in [0.15, 0.2) is 0 Å². The molecule has 0 fully saturated rings. The summed E-state index contributed by atoms with van der Waals surface area (Å²) in [6.07, 6.45) is 1.38. The molecule has 164 valence electrons. The first kappa shape index (κ1) is 22.4. The number of nitro benzene ring substituents is 1. The van der Waals surface area contributed by atoms with Crippen molar-refractivity contribution in [1.29, 1.82) is 0 Å². The number of benzene rings is 3. The van der Waals surface area contributed by atoms with Crippen LogP contribution in [-0.4, -0.2) is 32.6 Å². The smallest absolute Gasteiger partial charge is 0.339 e. The van der Waals surface area contributed by atoms with Crippen molar-refractivity contribution in [2.24, 2.45) is 5.10 Å². The molecule has 0 bridgehead atoms. The Hall–Kier alpha value is -4.25. The first-order valence-electron chi connectivity index (χ1n) is 9.05. The fourth-order valence-electron chi connectivity index (χ4n) is 2.49. The standard InChI is InChI=1S/C21H17N3O7S/c1-30-18-10-4-16(5-11-18)21(25)23-22-14-15-2-8-19(9-3-15)31-32(28,29)20-12-6-17(7-13-20)24(26)27/h2-14H,1H3,(H,23,25)/b22-14-. The molecule has 3 rings (SSSR count). The van der Waals surface area contributed by atoms with E-state index in [1.165, 1.54) is 25.5 Å². The van der Waals surface area contributed by atoms with Crippen LogP contribution in [0.1, 0.15) is 15.9 Å². The van der Waals surface area contributed by atoms with Crippen molar-refractivity contribution in [3.63, 3.8) is 0 Å². The highest BCUT2D eigenvalue weighted by Crippen LogP contribution is 2.21. The maximum atomic E-state index is 12.3. The average molecular weight is 455 g/mol. The third-order valence-electron chi connectivity index (χ3n) is 4.15. The van der Waals surface area contributed by atoms with E-state index in [1.54, 1.807) is 36.4 Å². The molecule has 10 nitrogen and oxygen atoms in total. The highest BCUT2D eigenvalue weighted by molar-refractivity contribution is 7.87. The number of nitrogens with one attached hydrogen (secondary N) is 1. The lowest BCUT2D eigenvalue weighted by atomic mass is 10.2. The molecule has 3 aromatic carbocycles. The molecule has 0 aromatic heterocycles. The number of nitro groups is 1. The van der Waals surface area contributed by atoms with E-state index in [-0.39, 0.29) is 16.3 Å². The number of hydrogen-bond donors (Lipinski definition) is 1. The van der Waals surface area contributed by atoms with E-state index in [9.17, 15) is 23.3 Å². The van der Waals surface area contributed by atoms with Crippen LogP contribution in [0.2, 0.25) is 0 Å². The van der Waals surface area contributed by atoms with E-state index in [4.69, 9.17) is 8.92 Å². The predicted octanol–water partition coefficient (Wildman–Crippen LogP) is 3.14. The number of nitrogens with zero attached hydrogens (tertiary/aromatic N) is 2. The van der Waals surface area contributed by atoms with Crippen LogP contribution in [0.3, 0.4) is 0 Å². The summed E-state index contributed by atoms with van der Waals surface area (Å²) >= 11 is 0. The van der Waals surface area contributed by atoms with Crippen LogP contribution >= 0.6 is 0 Å². The number of amides is 1. The lowest BCUT2D eigenvalue weighted by Crippen LogP contribution is -2.17. The summed E-state index contributed by atoms with van der Waals surface area (Å²) in [5.41, 5.74) is 3.15. The van der Waals surface area contributed by atoms with Gasteiger partial charge in [0.25, 0.3) is 11.6 Å². The first-order valence-corrected chi connectivity index (χ1v) is 10.5. The molecule has 32 heavy (non-hydrogen) atoms. The fraction of sp³-hybridized carbons (Fsp3) is 0.0476. The normalized spacial score (nSPS) is 11.2. The molecule has 0 aliphatic carbocycles. The lowest BCUT2D eigenvalue weighted by Gasteiger charge is -2.07. The number of methoxy groups -OCH3 is 1. The number of ether oxygens (including phenoxy) is 1. The summed E-state index contributed by atoms with van der Waals surface area (Å²) in [5, 5.41) is 14.5. The van der Waals surface area contributed by atoms with E-state index in [2.05, 4.69) is 10.5 Å². The third-order valence-corrected chi connectivity index (χ3v) is 5.42. The Morgan fingerprint density at radius 3 is 2.12 bits per heavy atom. The molecule has 0 radical (unpaired) electrons. The second-order valence-electron chi connectivity index (χ2n) is 6.29. The quantitative estimate of drug-likeness (QED) is 0.238. The van der Waals surface area contributed by atoms with Crippen molar-refractivity contribution in [3.05, 3.63) is 94.0 Å². The van der Waals surface area contributed by atoms with Gasteiger partial charge < -0.3 is 8.92 Å². The van der Waals surface area contributed by atoms with E-state index in [0.29, 0.717) is 16.9 Å². The third kappa shape index (κ3) is 5.67. The van der Waals surface area contributed by atoms with Gasteiger partial charge in [0, 0.05) is 17.7 Å². The van der Waals surface area contributed by atoms with Crippen molar-refractivity contribution in [2.45, 2.75) is 4.90 Å². The van der Waals surface area contributed by atoms with Crippen molar-refractivity contribution in [1.82, 2.24) is 5.43 Å². The Morgan fingerprint density at radius 2 is 1.56 bits per heavy atom. The summed E-state index contributed by atoms with van der Waals surface area (Å²) < 4.78 is 34.7. The number of non-ortho nitro benzene ring substituents is 1. The molecule has 0 saturated heterocycles. The maximum Gasteiger partial charge on any atom is 0.339 e. The second kappa shape index (κ2) is 9.71. The fourth-order valence-corrected chi connectivity index (χ4v) is 3.42. The van der Waals surface area contributed by atoms with Crippen molar-refractivity contribution in [2.75, 3.05) is 7.11 Å². The van der Waals surface area contributed by atoms with E-state index in [0.717, 1.165) is 24.3 Å². The summed E-state index contributed by atoms with van der Waals surface area (Å²) in [7, 11) is -2.63. The molecular weight excluding hydrogens is 438 g/mol. The van der Waals surface area contributed by atoms with Crippen LogP contribution in [0, 0.1) is 10.1 Å². The molecule has 3 aromatic rings. The zero-order valence-corrected chi connectivity index (χ0v) is 17.5. The Morgan fingerprint density at radius 1 is 0.969 bits per heavy atom. The number of carbonyl (C=O) groups is 1. The van der Waals surface area contributed by atoms with Gasteiger partial charge in [0.1, 0.15) is 16.4 Å². The molecule has 0 spiro atoms. The topological polar surface area (TPSA) is 137 Å². The zero-order valence-electron chi connectivity index (χ0n) is 16.7. The van der Waals surface area contributed by atoms with Crippen LogP contribution < -0.4 is 14.3 Å². The SMILES string of the molecule is COc1ccc(C(=O)N/N=C\c2ccc(OS(=O)(=O)c3ccc([N+](=O)[O-])cc3)cc2)cc1. The maximum absolute atomic E-state index is 12.3. The molecule has 0 aliphatic rings. The average Bonchev–Trinajstić information content (AvgIpc) is 2.80. The van der Waals surface area contributed by atoms with Gasteiger partial charge in [0.05, 0.1) is 18.2 Å². The molecule has 0 saturated carbocycles. The van der Waals surface area contributed by atoms with E-state index >= 15 is 0 Å². The Labute approximate surface area is 183 Å². The molecule has 1 amide bonds. The Kier molecular flexibility index (Phi) is 6.80. The summed E-state index contributed by atoms with van der Waals surface area (Å²) in [6, 6.07) is 16.8. The van der Waals surface area contributed by atoms with Crippen molar-refractivity contribution < 1.29 is 27.1 Å². The second-order valence-corrected chi connectivity index (χ2v) is 7.83. The molecule has 0 heterocycles. The molecule has 0 atom stereocenters. The summed E-state index contributed by atoms with van der Waals surface area (Å²) in [4.78, 5) is 21.9. The van der Waals surface area contributed by atoms with Gasteiger partial charge >= 0.3 is 10.1 Å². The van der Waals surface area contributed by atoms with E-state index in [1.807, 2.05) is 0 Å². The van der Waals surface area contributed by atoms with Gasteiger partial charge in [-0.1, -0.05) is 0 Å². The number of hydrogen-bond acceptors (Lipinski definition) is 8. The van der Waals surface area contributed by atoms with Crippen LogP contribution in [0.5, 0.6) is 11.5 Å². The lowest BCUT2D eigenvalue weighted by molar-refractivity contribution is -0.384. The minimum absolute atomic E-state index is 0.0442. The molecular formula is C21H17N3O7S. The zero-order chi connectivity index (χ0) is 23.1. The van der Waals surface area contributed by atoms with Gasteiger partial charge in [-0.15, -0.1) is 0 Å². The van der Waals surface area contributed by atoms with E-state index < -0.39 is 20.9 Å². The van der Waals surface area contributed by atoms with Gasteiger partial charge in [0.2, 0.25) is 0 Å². The minimum Gasteiger partial charge on any atom is -0.497 e. The van der Waals surface area contributed by atoms with Crippen LogP contribution in [0.4, 0.5) is 5.69 Å². The number of hydrazone groups is 1. The molecule has 0 aliphatic heterocycles. The highest BCUT2D eigenvalue weighted by Gasteiger charge is 2.18. The Bertz CT molecular complexity index is 1240. The van der Waals surface area contributed by atoms with Gasteiger partial charge in [-0.05, 0) is 66.2 Å². The van der Waals surface area contributed by atoms with Gasteiger partial charge in [-0.2, -0.15) is 13.5 Å².